The molecule has 178 valence electrons. The molecule has 0 radical (unpaired) electrons. The van der Waals surface area contributed by atoms with Gasteiger partial charge in [0.1, 0.15) is 11.8 Å². The Hall–Kier alpha value is -2.91. The lowest BCUT2D eigenvalue weighted by molar-refractivity contribution is -0.0704. The molecule has 0 spiro atoms. The third-order valence-corrected chi connectivity index (χ3v) is 8.30. The van der Waals surface area contributed by atoms with Crippen LogP contribution in [0.1, 0.15) is 93.2 Å². The summed E-state index contributed by atoms with van der Waals surface area (Å²) in [6, 6.07) is 8.52. The molecule has 6 nitrogen and oxygen atoms in total. The van der Waals surface area contributed by atoms with E-state index in [9.17, 15) is 4.79 Å². The number of nitrogens with one attached hydrogen (secondary N) is 2. The van der Waals surface area contributed by atoms with Crippen molar-refractivity contribution in [2.75, 3.05) is 5.32 Å². The van der Waals surface area contributed by atoms with Gasteiger partial charge in [0.2, 0.25) is 0 Å². The minimum absolute atomic E-state index is 0.147. The Kier molecular flexibility index (Phi) is 5.85. The number of hydrogen-bond donors (Lipinski definition) is 2. The van der Waals surface area contributed by atoms with Crippen LogP contribution < -0.4 is 5.32 Å². The van der Waals surface area contributed by atoms with Crippen LogP contribution in [0.3, 0.4) is 0 Å². The minimum atomic E-state index is -0.335. The molecular weight excluding hydrogens is 424 g/mol. The number of nitrogens with zero attached hydrogens (tertiary/aromatic N) is 2. The van der Waals surface area contributed by atoms with Crippen molar-refractivity contribution in [3.8, 4) is 6.07 Å². The summed E-state index contributed by atoms with van der Waals surface area (Å²) < 4.78 is 6.28. The van der Waals surface area contributed by atoms with Crippen molar-refractivity contribution in [3.05, 3.63) is 53.1 Å². The van der Waals surface area contributed by atoms with Crippen molar-refractivity contribution >= 4 is 17.2 Å². The summed E-state index contributed by atoms with van der Waals surface area (Å²) in [6.45, 7) is 9.28. The van der Waals surface area contributed by atoms with Gasteiger partial charge in [-0.15, -0.1) is 0 Å². The number of aromatic amines is 1. The predicted octanol–water partition coefficient (Wildman–Crippen LogP) is 6.04. The second-order valence-electron chi connectivity index (χ2n) is 11.1. The van der Waals surface area contributed by atoms with Crippen LogP contribution in [0.5, 0.6) is 0 Å². The number of amides is 1. The summed E-state index contributed by atoms with van der Waals surface area (Å²) in [5.74, 6) is 1.19. The Labute approximate surface area is 201 Å². The highest BCUT2D eigenvalue weighted by molar-refractivity contribution is 6.03. The van der Waals surface area contributed by atoms with Gasteiger partial charge in [-0.2, -0.15) is 5.26 Å². The molecule has 1 aromatic heterocycles. The molecule has 2 fully saturated rings. The van der Waals surface area contributed by atoms with Gasteiger partial charge in [0.15, 0.2) is 5.82 Å². The lowest BCUT2D eigenvalue weighted by Crippen LogP contribution is -2.38. The smallest absolute Gasteiger partial charge is 0.291 e. The van der Waals surface area contributed by atoms with Crippen LogP contribution in [-0.4, -0.2) is 28.1 Å². The fourth-order valence-corrected chi connectivity index (χ4v) is 6.15. The molecule has 2 N–H and O–H groups in total. The molecule has 1 aliphatic carbocycles. The van der Waals surface area contributed by atoms with E-state index < -0.39 is 0 Å². The molecular formula is C28H34N4O2. The molecule has 2 saturated heterocycles. The summed E-state index contributed by atoms with van der Waals surface area (Å²) in [6.07, 6.45) is 9.86. The Morgan fingerprint density at radius 2 is 1.97 bits per heavy atom. The van der Waals surface area contributed by atoms with Crippen molar-refractivity contribution in [2.24, 2.45) is 17.3 Å². The molecule has 6 heteroatoms. The van der Waals surface area contributed by atoms with E-state index in [2.05, 4.69) is 61.2 Å². The van der Waals surface area contributed by atoms with Gasteiger partial charge in [-0.05, 0) is 78.5 Å². The monoisotopic (exact) mass is 458 g/mol. The fraction of sp³-hybridized carbons (Fsp3) is 0.536. The van der Waals surface area contributed by atoms with Gasteiger partial charge in [0.25, 0.3) is 5.91 Å². The van der Waals surface area contributed by atoms with E-state index in [4.69, 9.17) is 10.00 Å². The second kappa shape index (κ2) is 8.70. The van der Waals surface area contributed by atoms with Gasteiger partial charge in [-0.1, -0.05) is 39.8 Å². The van der Waals surface area contributed by atoms with Crippen LogP contribution in [-0.2, 0) is 4.74 Å². The Balaban J connectivity index is 1.50. The summed E-state index contributed by atoms with van der Waals surface area (Å²) in [7, 11) is 0. The van der Waals surface area contributed by atoms with E-state index in [1.165, 1.54) is 17.3 Å². The third-order valence-electron chi connectivity index (χ3n) is 8.30. The highest BCUT2D eigenvalue weighted by Gasteiger charge is 2.46. The average molecular weight is 459 g/mol. The first kappa shape index (κ1) is 22.9. The summed E-state index contributed by atoms with van der Waals surface area (Å²) in [5.41, 5.74) is 5.11. The minimum Gasteiger partial charge on any atom is -0.374 e. The average Bonchev–Trinajstić information content (AvgIpc) is 3.48. The van der Waals surface area contributed by atoms with E-state index >= 15 is 0 Å². The number of aromatic nitrogens is 2. The fourth-order valence-electron chi connectivity index (χ4n) is 6.15. The number of carbonyl (C=O) groups excluding carboxylic acids is 1. The number of fused-ring (bicyclic) bond motifs is 2. The standard InChI is InChI=1S/C28H34N4O2/c1-16-23-7-8-24(34-23)17(2)25(16)19-5-6-22(32-27(33)26-30-15-20(14-29)31-26)21(13-19)18-9-11-28(3,4)12-10-18/h5-6,9,13,15-17,23-25H,7-8,10-12H2,1-4H3,(H,30,31)(H,32,33)/t16-,17+,23?,24?,25?. The normalized spacial score (nSPS) is 29.9. The molecule has 0 saturated carbocycles. The topological polar surface area (TPSA) is 90.8 Å². The van der Waals surface area contributed by atoms with Gasteiger partial charge in [-0.25, -0.2) is 4.98 Å². The molecule has 2 bridgehead atoms. The largest absolute Gasteiger partial charge is 0.374 e. The highest BCUT2D eigenvalue weighted by Crippen LogP contribution is 2.49. The van der Waals surface area contributed by atoms with Crippen molar-refractivity contribution in [1.29, 1.82) is 5.26 Å². The van der Waals surface area contributed by atoms with Crippen LogP contribution in [0.25, 0.3) is 5.57 Å². The van der Waals surface area contributed by atoms with Crippen molar-refractivity contribution < 1.29 is 9.53 Å². The van der Waals surface area contributed by atoms with Crippen molar-refractivity contribution in [2.45, 2.75) is 77.9 Å². The van der Waals surface area contributed by atoms with Gasteiger partial charge >= 0.3 is 0 Å². The van der Waals surface area contributed by atoms with Gasteiger partial charge in [0.05, 0.1) is 18.4 Å². The summed E-state index contributed by atoms with van der Waals surface area (Å²) >= 11 is 0. The molecule has 1 aromatic carbocycles. The maximum absolute atomic E-state index is 12.9. The summed E-state index contributed by atoms with van der Waals surface area (Å²) in [5, 5.41) is 12.1. The van der Waals surface area contributed by atoms with Crippen LogP contribution >= 0.6 is 0 Å². The van der Waals surface area contributed by atoms with E-state index in [1.54, 1.807) is 0 Å². The number of nitriles is 1. The number of H-pyrrole nitrogens is 1. The molecule has 3 heterocycles. The number of hydrogen-bond acceptors (Lipinski definition) is 4. The number of imidazole rings is 1. The molecule has 3 unspecified atom stereocenters. The first-order valence-electron chi connectivity index (χ1n) is 12.5. The molecule has 34 heavy (non-hydrogen) atoms. The number of carbonyl (C=O) groups is 1. The van der Waals surface area contributed by atoms with Gasteiger partial charge in [0, 0.05) is 11.3 Å². The number of allylic oxidation sites excluding steroid dienone is 2. The van der Waals surface area contributed by atoms with Crippen LogP contribution in [0.2, 0.25) is 0 Å². The van der Waals surface area contributed by atoms with Gasteiger partial charge in [-0.3, -0.25) is 4.79 Å². The zero-order chi connectivity index (χ0) is 24.0. The van der Waals surface area contributed by atoms with E-state index in [1.807, 2.05) is 12.1 Å². The number of anilines is 1. The molecule has 3 aliphatic rings. The Bertz CT molecular complexity index is 1160. The SMILES string of the molecule is C[C@@H]1C2CCC(O2)[C@H](C)C1c1ccc(NC(=O)c2ncc(C#N)[nH]2)c(C2=CCC(C)(C)CC2)c1. The zero-order valence-electron chi connectivity index (χ0n) is 20.5. The molecule has 2 aromatic rings. The first-order valence-corrected chi connectivity index (χ1v) is 12.5. The number of benzene rings is 1. The zero-order valence-corrected chi connectivity index (χ0v) is 20.5. The molecule has 5 atom stereocenters. The van der Waals surface area contributed by atoms with Crippen LogP contribution in [0, 0.1) is 28.6 Å². The van der Waals surface area contributed by atoms with E-state index in [0.717, 1.165) is 43.4 Å². The maximum atomic E-state index is 12.9. The predicted molar refractivity (Wildman–Crippen MR) is 132 cm³/mol. The van der Waals surface area contributed by atoms with Crippen molar-refractivity contribution in [3.63, 3.8) is 0 Å². The third kappa shape index (κ3) is 4.18. The number of rotatable bonds is 4. The van der Waals surface area contributed by atoms with Crippen LogP contribution in [0.4, 0.5) is 5.69 Å². The Morgan fingerprint density at radius 3 is 2.59 bits per heavy atom. The van der Waals surface area contributed by atoms with E-state index in [0.29, 0.717) is 35.4 Å². The lowest BCUT2D eigenvalue weighted by atomic mass is 9.72. The molecule has 1 amide bonds. The van der Waals surface area contributed by atoms with E-state index in [-0.39, 0.29) is 17.4 Å². The summed E-state index contributed by atoms with van der Waals surface area (Å²) in [4.78, 5) is 19.7. The van der Waals surface area contributed by atoms with Gasteiger partial charge < -0.3 is 15.0 Å². The maximum Gasteiger partial charge on any atom is 0.291 e. The molecule has 2 aliphatic heterocycles. The molecule has 5 rings (SSSR count). The number of ether oxygens (including phenoxy) is 1. The highest BCUT2D eigenvalue weighted by atomic mass is 16.5. The van der Waals surface area contributed by atoms with Crippen molar-refractivity contribution in [1.82, 2.24) is 9.97 Å². The quantitative estimate of drug-likeness (QED) is 0.584. The Morgan fingerprint density at radius 1 is 1.24 bits per heavy atom. The second-order valence-corrected chi connectivity index (χ2v) is 11.1. The lowest BCUT2D eigenvalue weighted by Gasteiger charge is -2.40. The first-order chi connectivity index (χ1) is 16.3. The van der Waals surface area contributed by atoms with Crippen LogP contribution in [0.15, 0.2) is 30.5 Å².